The average Bonchev–Trinajstić information content (AvgIpc) is 3.78. The van der Waals surface area contributed by atoms with Crippen molar-refractivity contribution in [2.45, 2.75) is 0 Å². The quantitative estimate of drug-likeness (QED) is 0.203. The number of thiophene rings is 1. The fourth-order valence-corrected chi connectivity index (χ4v) is 7.53. The molecule has 210 valence electrons. The van der Waals surface area contributed by atoms with Crippen molar-refractivity contribution in [1.29, 1.82) is 0 Å². The van der Waals surface area contributed by atoms with Gasteiger partial charge in [0.1, 0.15) is 28.7 Å². The lowest BCUT2D eigenvalue weighted by Crippen LogP contribution is -1.95. The maximum absolute atomic E-state index is 6.24. The minimum Gasteiger partial charge on any atom is -0.456 e. The zero-order chi connectivity index (χ0) is 29.5. The van der Waals surface area contributed by atoms with E-state index in [1.54, 1.807) is 17.7 Å². The fourth-order valence-electron chi connectivity index (χ4n) is 6.44. The second-order valence-corrected chi connectivity index (χ2v) is 12.4. The number of aromatic nitrogens is 3. The number of benzene rings is 6. The molecule has 0 aliphatic rings. The van der Waals surface area contributed by atoms with Crippen molar-refractivity contribution >= 4 is 75.4 Å². The van der Waals surface area contributed by atoms with Crippen molar-refractivity contribution in [2.24, 2.45) is 0 Å². The Morgan fingerprint density at radius 1 is 0.400 bits per heavy atom. The van der Waals surface area contributed by atoms with Crippen molar-refractivity contribution in [3.05, 3.63) is 128 Å². The van der Waals surface area contributed by atoms with Crippen LogP contribution in [0.4, 0.5) is 0 Å². The first-order chi connectivity index (χ1) is 22.2. The summed E-state index contributed by atoms with van der Waals surface area (Å²) < 4.78 is 14.8. The van der Waals surface area contributed by atoms with Crippen LogP contribution in [0.3, 0.4) is 0 Å². The van der Waals surface area contributed by atoms with Gasteiger partial charge >= 0.3 is 0 Å². The summed E-state index contributed by atoms with van der Waals surface area (Å²) in [5.74, 6) is 1.28. The molecule has 0 saturated heterocycles. The lowest BCUT2D eigenvalue weighted by atomic mass is 10.00. The van der Waals surface area contributed by atoms with Gasteiger partial charge in [0, 0.05) is 52.8 Å². The number of para-hydroxylation sites is 1. The van der Waals surface area contributed by atoms with Gasteiger partial charge in [-0.25, -0.2) is 15.0 Å². The van der Waals surface area contributed by atoms with Crippen LogP contribution in [0.15, 0.2) is 136 Å². The molecule has 0 fully saturated rings. The number of nitrogens with zero attached hydrogens (tertiary/aromatic N) is 3. The van der Waals surface area contributed by atoms with Crippen LogP contribution in [0.1, 0.15) is 0 Å². The molecule has 0 spiro atoms. The summed E-state index contributed by atoms with van der Waals surface area (Å²) in [6.07, 6.45) is 1.60. The van der Waals surface area contributed by atoms with Gasteiger partial charge in [-0.3, -0.25) is 0 Å². The van der Waals surface area contributed by atoms with Crippen LogP contribution in [0.25, 0.3) is 98.0 Å². The molecular weight excluding hydrogens is 575 g/mol. The molecule has 10 rings (SSSR count). The zero-order valence-electron chi connectivity index (χ0n) is 23.7. The maximum Gasteiger partial charge on any atom is 0.163 e. The smallest absolute Gasteiger partial charge is 0.163 e. The van der Waals surface area contributed by atoms with E-state index in [1.807, 2.05) is 36.4 Å². The molecule has 6 heteroatoms. The van der Waals surface area contributed by atoms with Crippen molar-refractivity contribution in [3.63, 3.8) is 0 Å². The largest absolute Gasteiger partial charge is 0.456 e. The summed E-state index contributed by atoms with van der Waals surface area (Å²) in [6.45, 7) is 0. The van der Waals surface area contributed by atoms with Crippen molar-refractivity contribution in [2.75, 3.05) is 0 Å². The van der Waals surface area contributed by atoms with Crippen LogP contribution in [-0.2, 0) is 0 Å². The molecule has 10 aromatic rings. The highest BCUT2D eigenvalue weighted by molar-refractivity contribution is 7.25. The molecule has 0 bridgehead atoms. The minimum absolute atomic E-state index is 0.625. The van der Waals surface area contributed by atoms with Gasteiger partial charge in [0.05, 0.1) is 0 Å². The Balaban J connectivity index is 1.07. The predicted molar refractivity (Wildman–Crippen MR) is 184 cm³/mol. The van der Waals surface area contributed by atoms with Gasteiger partial charge < -0.3 is 8.83 Å². The van der Waals surface area contributed by atoms with Crippen LogP contribution >= 0.6 is 11.3 Å². The van der Waals surface area contributed by atoms with E-state index in [4.69, 9.17) is 13.8 Å². The molecule has 0 aliphatic carbocycles. The third-order valence-electron chi connectivity index (χ3n) is 8.64. The van der Waals surface area contributed by atoms with Gasteiger partial charge in [-0.1, -0.05) is 48.5 Å². The highest BCUT2D eigenvalue weighted by atomic mass is 32.1. The Kier molecular flexibility index (Phi) is 5.09. The van der Waals surface area contributed by atoms with Gasteiger partial charge in [0.15, 0.2) is 11.6 Å². The second kappa shape index (κ2) is 9.32. The molecule has 0 saturated carbocycles. The van der Waals surface area contributed by atoms with Gasteiger partial charge in [0.2, 0.25) is 0 Å². The minimum atomic E-state index is 0.625. The topological polar surface area (TPSA) is 65.0 Å². The molecule has 0 aliphatic heterocycles. The Hall–Kier alpha value is -5.85. The van der Waals surface area contributed by atoms with Crippen molar-refractivity contribution < 1.29 is 8.83 Å². The van der Waals surface area contributed by atoms with E-state index < -0.39 is 0 Å². The predicted octanol–water partition coefficient (Wildman–Crippen LogP) is 11.0. The molecule has 4 aromatic heterocycles. The highest BCUT2D eigenvalue weighted by Gasteiger charge is 2.14. The van der Waals surface area contributed by atoms with Crippen LogP contribution < -0.4 is 0 Å². The number of furan rings is 2. The van der Waals surface area contributed by atoms with Gasteiger partial charge in [-0.2, -0.15) is 0 Å². The Bertz CT molecular complexity index is 2790. The molecule has 0 atom stereocenters. The van der Waals surface area contributed by atoms with Gasteiger partial charge in [-0.15, -0.1) is 11.3 Å². The van der Waals surface area contributed by atoms with E-state index >= 15 is 0 Å². The van der Waals surface area contributed by atoms with E-state index in [0.717, 1.165) is 66.1 Å². The molecule has 0 radical (unpaired) electrons. The molecule has 4 heterocycles. The summed E-state index contributed by atoms with van der Waals surface area (Å²) in [5, 5.41) is 6.77. The summed E-state index contributed by atoms with van der Waals surface area (Å²) in [7, 11) is 0. The van der Waals surface area contributed by atoms with E-state index in [0.29, 0.717) is 11.6 Å². The summed E-state index contributed by atoms with van der Waals surface area (Å²) >= 11 is 1.80. The van der Waals surface area contributed by atoms with Crippen molar-refractivity contribution in [3.8, 4) is 33.9 Å². The molecule has 6 aromatic carbocycles. The van der Waals surface area contributed by atoms with E-state index in [9.17, 15) is 0 Å². The van der Waals surface area contributed by atoms with Gasteiger partial charge in [-0.05, 0) is 83.9 Å². The third kappa shape index (κ3) is 3.83. The lowest BCUT2D eigenvalue weighted by Gasteiger charge is -2.05. The molecular formula is C39H21N3O2S. The monoisotopic (exact) mass is 595 g/mol. The summed E-state index contributed by atoms with van der Waals surface area (Å²) in [6, 6.07) is 42.0. The molecule has 0 unspecified atom stereocenters. The normalized spacial score (nSPS) is 12.0. The van der Waals surface area contributed by atoms with Crippen LogP contribution in [-0.4, -0.2) is 15.0 Å². The van der Waals surface area contributed by atoms with Crippen LogP contribution in [0.5, 0.6) is 0 Å². The Morgan fingerprint density at radius 3 is 1.60 bits per heavy atom. The Labute approximate surface area is 260 Å². The number of hydrogen-bond acceptors (Lipinski definition) is 6. The summed E-state index contributed by atoms with van der Waals surface area (Å²) in [5.41, 5.74) is 7.57. The van der Waals surface area contributed by atoms with E-state index in [2.05, 4.69) is 94.9 Å². The zero-order valence-corrected chi connectivity index (χ0v) is 24.5. The first-order valence-corrected chi connectivity index (χ1v) is 15.6. The van der Waals surface area contributed by atoms with E-state index in [1.165, 1.54) is 20.2 Å². The number of hydrogen-bond donors (Lipinski definition) is 0. The van der Waals surface area contributed by atoms with Crippen molar-refractivity contribution in [1.82, 2.24) is 15.0 Å². The third-order valence-corrected chi connectivity index (χ3v) is 9.80. The SMILES string of the molecule is c1ccc2c(c1)oc1ccc(-c3ccc4oc5ccc(-c6ncnc(-c7ccc8sc9ccccc9c8c7)n6)cc5c4c3)cc12. The number of rotatable bonds is 3. The molecule has 0 amide bonds. The summed E-state index contributed by atoms with van der Waals surface area (Å²) in [4.78, 5) is 14.0. The average molecular weight is 596 g/mol. The molecule has 5 nitrogen and oxygen atoms in total. The molecule has 0 N–H and O–H groups in total. The number of fused-ring (bicyclic) bond motifs is 9. The Morgan fingerprint density at radius 2 is 0.889 bits per heavy atom. The first-order valence-electron chi connectivity index (χ1n) is 14.7. The fraction of sp³-hybridized carbons (Fsp3) is 0. The standard InChI is InChI=1S/C39H21N3O2S/c1-3-7-32-26(5-1)28-17-22(9-13-33(28)43-32)23-10-14-34-29(18-23)30-19-24(11-15-35(30)44-34)38-40-21-41-39(42-38)25-12-16-37-31(20-25)27-6-2-4-8-36(27)45-37/h1-21H. The van der Waals surface area contributed by atoms with Crippen LogP contribution in [0, 0.1) is 0 Å². The first kappa shape index (κ1) is 24.6. The maximum atomic E-state index is 6.24. The lowest BCUT2D eigenvalue weighted by molar-refractivity contribution is 0.668. The second-order valence-electron chi connectivity index (χ2n) is 11.3. The van der Waals surface area contributed by atoms with E-state index in [-0.39, 0.29) is 0 Å². The molecule has 45 heavy (non-hydrogen) atoms. The highest BCUT2D eigenvalue weighted by Crippen LogP contribution is 2.38. The van der Waals surface area contributed by atoms with Crippen LogP contribution in [0.2, 0.25) is 0 Å². The van der Waals surface area contributed by atoms with Gasteiger partial charge in [0.25, 0.3) is 0 Å².